The highest BCUT2D eigenvalue weighted by atomic mass is 16.5. The lowest BCUT2D eigenvalue weighted by Crippen LogP contribution is -2.03. The van der Waals surface area contributed by atoms with Crippen LogP contribution in [0.1, 0.15) is 77.8 Å². The third-order valence-electron chi connectivity index (χ3n) is 2.46. The molecule has 19 heavy (non-hydrogen) atoms. The molecule has 0 saturated carbocycles. The molecule has 0 radical (unpaired) electrons. The Bertz CT molecular complexity index is 354. The van der Waals surface area contributed by atoms with E-state index in [1.807, 2.05) is 54.5 Å². The summed E-state index contributed by atoms with van der Waals surface area (Å²) in [7, 11) is 1.70. The number of ether oxygens (including phenoxy) is 1. The molecule has 1 unspecified atom stereocenters. The first kappa shape index (κ1) is 20.1. The quantitative estimate of drug-likeness (QED) is 0.670. The van der Waals surface area contributed by atoms with E-state index in [0.717, 1.165) is 29.2 Å². The number of hydrogen-bond acceptors (Lipinski definition) is 3. The average Bonchev–Trinajstić information content (AvgIpc) is 2.87. The Morgan fingerprint density at radius 2 is 1.68 bits per heavy atom. The second-order valence-corrected chi connectivity index (χ2v) is 3.47. The molecule has 0 spiro atoms. The smallest absolute Gasteiger partial charge is 0.147 e. The van der Waals surface area contributed by atoms with Gasteiger partial charge < -0.3 is 9.26 Å². The molecule has 1 aromatic heterocycles. The molecule has 0 fully saturated rings. The van der Waals surface area contributed by atoms with E-state index in [9.17, 15) is 0 Å². The van der Waals surface area contributed by atoms with E-state index < -0.39 is 0 Å². The van der Waals surface area contributed by atoms with Crippen LogP contribution in [0.15, 0.2) is 10.3 Å². The average molecular weight is 269 g/mol. The second kappa shape index (κ2) is 11.8. The van der Waals surface area contributed by atoms with Gasteiger partial charge in [0.1, 0.15) is 5.76 Å². The number of hydrogen-bond donors (Lipinski definition) is 0. The van der Waals surface area contributed by atoms with Gasteiger partial charge in [0.15, 0.2) is 0 Å². The maximum atomic E-state index is 5.24. The molecular weight excluding hydrogens is 238 g/mol. The number of fused-ring (bicyclic) bond motifs is 1. The normalized spacial score (nSPS) is 15.2. The van der Waals surface area contributed by atoms with Crippen molar-refractivity contribution in [1.82, 2.24) is 5.16 Å². The van der Waals surface area contributed by atoms with E-state index in [1.54, 1.807) is 7.11 Å². The van der Waals surface area contributed by atoms with Crippen LogP contribution < -0.4 is 0 Å². The second-order valence-electron chi connectivity index (χ2n) is 3.47. The van der Waals surface area contributed by atoms with E-state index >= 15 is 0 Å². The molecule has 1 aromatic rings. The van der Waals surface area contributed by atoms with Crippen LogP contribution in [0, 0.1) is 6.92 Å². The molecular formula is C16H31NO2. The fraction of sp³-hybridized carbons (Fsp3) is 0.688. The van der Waals surface area contributed by atoms with Gasteiger partial charge in [-0.3, -0.25) is 0 Å². The Labute approximate surface area is 119 Å². The van der Waals surface area contributed by atoms with Crippen LogP contribution in [-0.2, 0) is 4.74 Å². The standard InChI is InChI=1S/C10H13NO2.3C2H6/c1-6-4-8(12-3)5-9-7(2)11-13-10(6)9;3*1-2/h5-6H,4H2,1-3H3;3*1-2H3. The first-order chi connectivity index (χ1) is 9.22. The largest absolute Gasteiger partial charge is 0.501 e. The molecule has 1 atom stereocenters. The Morgan fingerprint density at radius 3 is 2.16 bits per heavy atom. The van der Waals surface area contributed by atoms with Gasteiger partial charge in [0, 0.05) is 17.9 Å². The third-order valence-corrected chi connectivity index (χ3v) is 2.46. The van der Waals surface area contributed by atoms with E-state index in [-0.39, 0.29) is 0 Å². The molecule has 3 heteroatoms. The Kier molecular flexibility index (Phi) is 12.5. The predicted octanol–water partition coefficient (Wildman–Crippen LogP) is 5.56. The number of nitrogens with zero attached hydrogens (tertiary/aromatic N) is 1. The Balaban J connectivity index is 0. The van der Waals surface area contributed by atoms with Crippen molar-refractivity contribution in [3.8, 4) is 0 Å². The van der Waals surface area contributed by atoms with Gasteiger partial charge in [-0.05, 0) is 13.0 Å². The van der Waals surface area contributed by atoms with E-state index in [2.05, 4.69) is 12.1 Å². The Morgan fingerprint density at radius 1 is 1.16 bits per heavy atom. The monoisotopic (exact) mass is 269 g/mol. The molecule has 0 aromatic carbocycles. The molecule has 1 aliphatic rings. The van der Waals surface area contributed by atoms with Gasteiger partial charge in [-0.25, -0.2) is 0 Å². The molecule has 3 nitrogen and oxygen atoms in total. The molecule has 0 amide bonds. The predicted molar refractivity (Wildman–Crippen MR) is 83.3 cm³/mol. The maximum Gasteiger partial charge on any atom is 0.147 e. The highest BCUT2D eigenvalue weighted by Crippen LogP contribution is 2.34. The zero-order valence-corrected chi connectivity index (χ0v) is 14.1. The first-order valence-corrected chi connectivity index (χ1v) is 7.43. The van der Waals surface area contributed by atoms with Crippen molar-refractivity contribution < 1.29 is 9.26 Å². The topological polar surface area (TPSA) is 35.3 Å². The minimum atomic E-state index is 0.371. The lowest BCUT2D eigenvalue weighted by Gasteiger charge is -2.16. The lowest BCUT2D eigenvalue weighted by atomic mass is 9.93. The zero-order valence-electron chi connectivity index (χ0n) is 14.1. The minimum absolute atomic E-state index is 0.371. The van der Waals surface area contributed by atoms with E-state index in [0.29, 0.717) is 5.92 Å². The van der Waals surface area contributed by atoms with Gasteiger partial charge in [0.05, 0.1) is 18.6 Å². The summed E-state index contributed by atoms with van der Waals surface area (Å²) in [6, 6.07) is 0. The molecule has 1 aliphatic carbocycles. The van der Waals surface area contributed by atoms with Crippen LogP contribution in [0.5, 0.6) is 0 Å². The lowest BCUT2D eigenvalue weighted by molar-refractivity contribution is 0.264. The summed E-state index contributed by atoms with van der Waals surface area (Å²) in [5, 5.41) is 3.94. The van der Waals surface area contributed by atoms with Crippen molar-refractivity contribution in [2.75, 3.05) is 7.11 Å². The molecule has 0 saturated heterocycles. The highest BCUT2D eigenvalue weighted by molar-refractivity contribution is 5.58. The zero-order chi connectivity index (χ0) is 15.4. The van der Waals surface area contributed by atoms with Gasteiger partial charge in [0.25, 0.3) is 0 Å². The van der Waals surface area contributed by atoms with Crippen LogP contribution in [0.2, 0.25) is 0 Å². The van der Waals surface area contributed by atoms with Crippen molar-refractivity contribution in [2.24, 2.45) is 0 Å². The van der Waals surface area contributed by atoms with Gasteiger partial charge in [-0.2, -0.15) is 0 Å². The molecule has 1 heterocycles. The fourth-order valence-corrected chi connectivity index (χ4v) is 1.68. The van der Waals surface area contributed by atoms with Crippen molar-refractivity contribution in [1.29, 1.82) is 0 Å². The maximum absolute atomic E-state index is 5.24. The number of aromatic nitrogens is 1. The summed E-state index contributed by atoms with van der Waals surface area (Å²) in [6.45, 7) is 16.1. The van der Waals surface area contributed by atoms with Crippen LogP contribution in [0.25, 0.3) is 6.08 Å². The van der Waals surface area contributed by atoms with Gasteiger partial charge >= 0.3 is 0 Å². The SMILES string of the molecule is CC.CC.CC.COC1=Cc2c(C)noc2C(C)C1. The van der Waals surface area contributed by atoms with Gasteiger partial charge in [-0.15, -0.1) is 0 Å². The van der Waals surface area contributed by atoms with E-state index in [4.69, 9.17) is 9.26 Å². The van der Waals surface area contributed by atoms with Crippen LogP contribution >= 0.6 is 0 Å². The summed E-state index contributed by atoms with van der Waals surface area (Å²) in [5.74, 6) is 2.36. The number of methoxy groups -OCH3 is 1. The number of rotatable bonds is 1. The van der Waals surface area contributed by atoms with Crippen molar-refractivity contribution in [2.45, 2.75) is 67.7 Å². The first-order valence-electron chi connectivity index (χ1n) is 7.43. The van der Waals surface area contributed by atoms with Crippen LogP contribution in [-0.4, -0.2) is 12.3 Å². The fourth-order valence-electron chi connectivity index (χ4n) is 1.68. The van der Waals surface area contributed by atoms with Gasteiger partial charge in [0.2, 0.25) is 0 Å². The molecule has 2 rings (SSSR count). The molecule has 112 valence electrons. The van der Waals surface area contributed by atoms with Gasteiger partial charge in [-0.1, -0.05) is 53.6 Å². The number of allylic oxidation sites excluding steroid dienone is 1. The van der Waals surface area contributed by atoms with Crippen molar-refractivity contribution >= 4 is 6.08 Å². The van der Waals surface area contributed by atoms with Crippen LogP contribution in [0.4, 0.5) is 0 Å². The van der Waals surface area contributed by atoms with Crippen molar-refractivity contribution in [3.05, 3.63) is 22.8 Å². The van der Waals surface area contributed by atoms with E-state index in [1.165, 1.54) is 0 Å². The summed E-state index contributed by atoms with van der Waals surface area (Å²) in [6.07, 6.45) is 2.92. The highest BCUT2D eigenvalue weighted by Gasteiger charge is 2.24. The Hall–Kier alpha value is -1.25. The summed E-state index contributed by atoms with van der Waals surface area (Å²) in [5.41, 5.74) is 2.03. The number of aryl methyl sites for hydroxylation is 1. The summed E-state index contributed by atoms with van der Waals surface area (Å²) in [4.78, 5) is 0. The van der Waals surface area contributed by atoms with Crippen molar-refractivity contribution in [3.63, 3.8) is 0 Å². The van der Waals surface area contributed by atoms with Crippen LogP contribution in [0.3, 0.4) is 0 Å². The summed E-state index contributed by atoms with van der Waals surface area (Å²) >= 11 is 0. The minimum Gasteiger partial charge on any atom is -0.501 e. The molecule has 0 bridgehead atoms. The molecule has 0 aliphatic heterocycles. The summed E-state index contributed by atoms with van der Waals surface area (Å²) < 4.78 is 10.5. The molecule has 0 N–H and O–H groups in total. The third kappa shape index (κ3) is 5.50.